The molecule has 11 heteroatoms. The number of alkyl halides is 6. The van der Waals surface area contributed by atoms with Crippen LogP contribution >= 0.6 is 0 Å². The van der Waals surface area contributed by atoms with E-state index in [2.05, 4.69) is 4.74 Å². The summed E-state index contributed by atoms with van der Waals surface area (Å²) in [4.78, 5) is 0. The molecule has 4 nitrogen and oxygen atoms in total. The van der Waals surface area contributed by atoms with Crippen molar-refractivity contribution in [2.45, 2.75) is 18.0 Å². The first-order valence-electron chi connectivity index (χ1n) is 2.60. The lowest BCUT2D eigenvalue weighted by Crippen LogP contribution is -2.49. The lowest BCUT2D eigenvalue weighted by atomic mass is 10.6. The van der Waals surface area contributed by atoms with E-state index in [1.54, 1.807) is 0 Å². The highest BCUT2D eigenvalue weighted by molar-refractivity contribution is 7.86. The van der Waals surface area contributed by atoms with Crippen molar-refractivity contribution in [1.29, 1.82) is 0 Å². The van der Waals surface area contributed by atoms with Gasteiger partial charge in [-0.05, 0) is 0 Å². The molecule has 86 valence electrons. The molecule has 0 heterocycles. The molecule has 0 bridgehead atoms. The third-order valence-corrected chi connectivity index (χ3v) is 1.79. The molecular weight excluding hydrogens is 246 g/mol. The first-order valence-corrected chi connectivity index (χ1v) is 4.04. The fourth-order valence-electron chi connectivity index (χ4n) is 0.331. The molecule has 0 atom stereocenters. The summed E-state index contributed by atoms with van der Waals surface area (Å²) in [5.74, 6) is 0. The van der Waals surface area contributed by atoms with Gasteiger partial charge < -0.3 is 0 Å². The zero-order chi connectivity index (χ0) is 11.8. The van der Waals surface area contributed by atoms with Crippen molar-refractivity contribution in [3.63, 3.8) is 0 Å². The van der Waals surface area contributed by atoms with Gasteiger partial charge in [0.1, 0.15) is 0 Å². The Labute approximate surface area is 73.2 Å². The van der Waals surface area contributed by atoms with E-state index in [-0.39, 0.29) is 0 Å². The Kier molecular flexibility index (Phi) is 3.41. The molecule has 0 aliphatic heterocycles. The van der Waals surface area contributed by atoms with Crippen molar-refractivity contribution in [1.82, 2.24) is 0 Å². The predicted octanol–water partition coefficient (Wildman–Crippen LogP) is 1.30. The van der Waals surface area contributed by atoms with Crippen LogP contribution in [0.2, 0.25) is 0 Å². The normalized spacial score (nSPS) is 14.9. The summed E-state index contributed by atoms with van der Waals surface area (Å²) >= 11 is 0. The van der Waals surface area contributed by atoms with Crippen molar-refractivity contribution < 1.29 is 44.0 Å². The number of hydrogen-bond donors (Lipinski definition) is 1. The molecule has 0 amide bonds. The van der Waals surface area contributed by atoms with Gasteiger partial charge in [0.2, 0.25) is 0 Å². The van der Waals surface area contributed by atoms with Crippen LogP contribution in [0.1, 0.15) is 0 Å². The minimum atomic E-state index is -6.55. The summed E-state index contributed by atoms with van der Waals surface area (Å²) < 4.78 is 99.3. The Balaban J connectivity index is 5.08. The highest BCUT2D eigenvalue weighted by atomic mass is 32.2. The van der Waals surface area contributed by atoms with Crippen LogP contribution in [0.25, 0.3) is 0 Å². The van der Waals surface area contributed by atoms with Gasteiger partial charge in [-0.15, -0.1) is 0 Å². The summed E-state index contributed by atoms with van der Waals surface area (Å²) in [5, 5.41) is -6.14. The zero-order valence-electron chi connectivity index (χ0n) is 5.93. The van der Waals surface area contributed by atoms with E-state index >= 15 is 0 Å². The molecule has 0 aliphatic carbocycles. The lowest BCUT2D eigenvalue weighted by molar-refractivity contribution is -0.372. The van der Waals surface area contributed by atoms with Crippen LogP contribution in [0.3, 0.4) is 0 Å². The van der Waals surface area contributed by atoms with Gasteiger partial charge >= 0.3 is 28.1 Å². The van der Waals surface area contributed by atoms with Crippen LogP contribution in [-0.2, 0) is 14.9 Å². The maximum Gasteiger partial charge on any atom is 0.460 e. The zero-order valence-corrected chi connectivity index (χ0v) is 6.74. The largest absolute Gasteiger partial charge is 0.460 e. The van der Waals surface area contributed by atoms with Gasteiger partial charge in [0, 0.05) is 0 Å². The molecule has 0 fully saturated rings. The Morgan fingerprint density at radius 2 is 1.50 bits per heavy atom. The van der Waals surface area contributed by atoms with Crippen molar-refractivity contribution in [2.75, 3.05) is 0 Å². The molecule has 1 N–H and O–H groups in total. The molecule has 0 saturated heterocycles. The minimum Gasteiger partial charge on any atom is -0.281 e. The number of ether oxygens (including phenoxy) is 1. The minimum absolute atomic E-state index is 2.07. The van der Waals surface area contributed by atoms with E-state index in [4.69, 9.17) is 4.55 Å². The molecule has 0 aromatic carbocycles. The third-order valence-electron chi connectivity index (χ3n) is 0.900. The summed E-state index contributed by atoms with van der Waals surface area (Å²) in [6.45, 7) is -4.32. The highest BCUT2D eigenvalue weighted by Crippen LogP contribution is 2.40. The standard InChI is InChI=1S/C3H2F6O4S/c4-1(5)13-2(6,7)3(8,9)14(10,11)12/h1H,(H,10,11,12). The van der Waals surface area contributed by atoms with Gasteiger partial charge in [-0.1, -0.05) is 0 Å². The Bertz CT molecular complexity index is 296. The Hall–Kier alpha value is -0.550. The molecule has 0 saturated carbocycles. The molecule has 0 unspecified atom stereocenters. The van der Waals surface area contributed by atoms with Crippen LogP contribution in [0.5, 0.6) is 0 Å². The molecule has 0 radical (unpaired) electrons. The maximum absolute atomic E-state index is 12.0. The predicted molar refractivity (Wildman–Crippen MR) is 28.5 cm³/mol. The van der Waals surface area contributed by atoms with Crippen LogP contribution in [0.4, 0.5) is 26.3 Å². The lowest BCUT2D eigenvalue weighted by Gasteiger charge is -2.22. The fraction of sp³-hybridized carbons (Fsp3) is 1.00. The number of halogens is 6. The van der Waals surface area contributed by atoms with Gasteiger partial charge in [0.05, 0.1) is 0 Å². The third kappa shape index (κ3) is 2.48. The second-order valence-corrected chi connectivity index (χ2v) is 3.35. The Morgan fingerprint density at radius 1 is 1.14 bits per heavy atom. The van der Waals surface area contributed by atoms with Gasteiger partial charge in [-0.3, -0.25) is 9.29 Å². The summed E-state index contributed by atoms with van der Waals surface area (Å²) in [6, 6.07) is 0. The van der Waals surface area contributed by atoms with Gasteiger partial charge in [0.25, 0.3) is 0 Å². The molecule has 0 rings (SSSR count). The average Bonchev–Trinajstić information content (AvgIpc) is 1.80. The van der Waals surface area contributed by atoms with E-state index < -0.39 is 28.1 Å². The molecule has 0 aromatic heterocycles. The van der Waals surface area contributed by atoms with E-state index in [1.807, 2.05) is 0 Å². The first-order chi connectivity index (χ1) is 5.92. The average molecular weight is 248 g/mol. The van der Waals surface area contributed by atoms with Crippen LogP contribution < -0.4 is 0 Å². The first kappa shape index (κ1) is 13.4. The monoisotopic (exact) mass is 248 g/mol. The van der Waals surface area contributed by atoms with Crippen LogP contribution in [0, 0.1) is 0 Å². The van der Waals surface area contributed by atoms with Crippen molar-refractivity contribution >= 4 is 10.1 Å². The molecule has 0 aliphatic rings. The summed E-state index contributed by atoms with van der Waals surface area (Å²) in [7, 11) is -6.55. The van der Waals surface area contributed by atoms with E-state index in [9.17, 15) is 34.8 Å². The van der Waals surface area contributed by atoms with Crippen molar-refractivity contribution in [3.05, 3.63) is 0 Å². The van der Waals surface area contributed by atoms with Gasteiger partial charge in [0.15, 0.2) is 0 Å². The highest BCUT2D eigenvalue weighted by Gasteiger charge is 2.68. The van der Waals surface area contributed by atoms with Crippen molar-refractivity contribution in [2.24, 2.45) is 0 Å². The maximum atomic E-state index is 12.0. The van der Waals surface area contributed by atoms with Crippen LogP contribution in [-0.4, -0.2) is 30.9 Å². The van der Waals surface area contributed by atoms with E-state index in [0.29, 0.717) is 0 Å². The quantitative estimate of drug-likeness (QED) is 0.601. The second kappa shape index (κ2) is 3.55. The van der Waals surface area contributed by atoms with Gasteiger partial charge in [-0.2, -0.15) is 34.8 Å². The SMILES string of the molecule is O=S(=O)(O)C(F)(F)C(F)(F)OC(F)F. The molecule has 0 aromatic rings. The molecule has 14 heavy (non-hydrogen) atoms. The van der Waals surface area contributed by atoms with E-state index in [1.165, 1.54) is 0 Å². The molecular formula is C3H2F6O4S. The smallest absolute Gasteiger partial charge is 0.281 e. The van der Waals surface area contributed by atoms with Crippen LogP contribution in [0.15, 0.2) is 0 Å². The fourth-order valence-corrected chi connectivity index (χ4v) is 0.679. The molecule has 0 spiro atoms. The number of hydrogen-bond acceptors (Lipinski definition) is 3. The van der Waals surface area contributed by atoms with E-state index in [0.717, 1.165) is 0 Å². The number of rotatable bonds is 4. The second-order valence-electron chi connectivity index (χ2n) is 1.89. The van der Waals surface area contributed by atoms with Gasteiger partial charge in [-0.25, -0.2) is 0 Å². The van der Waals surface area contributed by atoms with Crippen molar-refractivity contribution in [3.8, 4) is 0 Å². The Morgan fingerprint density at radius 3 is 1.71 bits per heavy atom. The topological polar surface area (TPSA) is 63.6 Å². The summed E-state index contributed by atoms with van der Waals surface area (Å²) in [5.41, 5.74) is 0. The summed E-state index contributed by atoms with van der Waals surface area (Å²) in [6.07, 6.45) is -6.02.